The number of fused-ring (bicyclic) bond motifs is 2. The molecule has 2 aromatic carbocycles. The number of rotatable bonds is 2. The lowest BCUT2D eigenvalue weighted by Crippen LogP contribution is -1.97. The van der Waals surface area contributed by atoms with Gasteiger partial charge in [-0.05, 0) is 42.1 Å². The zero-order valence-corrected chi connectivity index (χ0v) is 13.2. The Labute approximate surface area is 132 Å². The van der Waals surface area contributed by atoms with Crippen LogP contribution in [0.4, 0.5) is 5.95 Å². The molecule has 4 heteroatoms. The lowest BCUT2D eigenvalue weighted by atomic mass is 10.1. The molecule has 0 fully saturated rings. The van der Waals surface area contributed by atoms with Gasteiger partial charge in [-0.25, -0.2) is 9.97 Å². The summed E-state index contributed by atoms with van der Waals surface area (Å²) in [6.07, 6.45) is 1.89. The quantitative estimate of drug-likeness (QED) is 0.574. The third-order valence-electron chi connectivity index (χ3n) is 3.74. The van der Waals surface area contributed by atoms with E-state index in [1.54, 1.807) is 11.3 Å². The molecule has 0 saturated carbocycles. The standard InChI is InChI=1S/C18H15N3S/c1-11-7-13-10-20-18(19-2)21-17(13)14(8-11)16-9-12-5-3-4-6-15(12)22-16/h3-10H,1-2H3,(H,19,20,21). The Balaban J connectivity index is 2.03. The molecule has 0 aliphatic heterocycles. The monoisotopic (exact) mass is 305 g/mol. The van der Waals surface area contributed by atoms with Gasteiger partial charge >= 0.3 is 0 Å². The molecule has 0 aliphatic carbocycles. The number of hydrogen-bond donors (Lipinski definition) is 1. The smallest absolute Gasteiger partial charge is 0.222 e. The molecule has 4 rings (SSSR count). The molecule has 0 amide bonds. The maximum Gasteiger partial charge on any atom is 0.222 e. The first-order chi connectivity index (χ1) is 10.7. The van der Waals surface area contributed by atoms with Gasteiger partial charge in [-0.15, -0.1) is 11.3 Å². The van der Waals surface area contributed by atoms with Gasteiger partial charge in [0.2, 0.25) is 5.95 Å². The van der Waals surface area contributed by atoms with Crippen molar-refractivity contribution < 1.29 is 0 Å². The van der Waals surface area contributed by atoms with E-state index >= 15 is 0 Å². The fourth-order valence-corrected chi connectivity index (χ4v) is 3.80. The van der Waals surface area contributed by atoms with Crippen LogP contribution in [0.2, 0.25) is 0 Å². The number of hydrogen-bond acceptors (Lipinski definition) is 4. The van der Waals surface area contributed by atoms with Crippen molar-refractivity contribution in [1.29, 1.82) is 0 Å². The van der Waals surface area contributed by atoms with Gasteiger partial charge in [0.25, 0.3) is 0 Å². The molecule has 2 aromatic heterocycles. The van der Waals surface area contributed by atoms with Crippen molar-refractivity contribution in [2.24, 2.45) is 0 Å². The maximum absolute atomic E-state index is 4.67. The van der Waals surface area contributed by atoms with E-state index in [0.717, 1.165) is 10.9 Å². The molecule has 0 radical (unpaired) electrons. The predicted molar refractivity (Wildman–Crippen MR) is 94.6 cm³/mol. The number of aryl methyl sites for hydroxylation is 1. The summed E-state index contributed by atoms with van der Waals surface area (Å²) < 4.78 is 1.30. The second kappa shape index (κ2) is 5.07. The van der Waals surface area contributed by atoms with Crippen LogP contribution in [0.1, 0.15) is 5.56 Å². The Hall–Kier alpha value is -2.46. The fraction of sp³-hybridized carbons (Fsp3) is 0.111. The van der Waals surface area contributed by atoms with Crippen molar-refractivity contribution in [3.63, 3.8) is 0 Å². The molecule has 1 N–H and O–H groups in total. The molecule has 3 nitrogen and oxygen atoms in total. The molecule has 22 heavy (non-hydrogen) atoms. The molecule has 0 unspecified atom stereocenters. The summed E-state index contributed by atoms with van der Waals surface area (Å²) in [7, 11) is 1.84. The number of nitrogens with one attached hydrogen (secondary N) is 1. The highest BCUT2D eigenvalue weighted by Gasteiger charge is 2.11. The first-order valence-electron chi connectivity index (χ1n) is 7.19. The first-order valence-corrected chi connectivity index (χ1v) is 8.00. The van der Waals surface area contributed by atoms with Crippen LogP contribution in [0, 0.1) is 6.92 Å². The Morgan fingerprint density at radius 1 is 1.05 bits per heavy atom. The maximum atomic E-state index is 4.67. The van der Waals surface area contributed by atoms with E-state index in [4.69, 9.17) is 0 Å². The Morgan fingerprint density at radius 2 is 1.91 bits per heavy atom. The SMILES string of the molecule is CNc1ncc2cc(C)cc(-c3cc4ccccc4s3)c2n1. The predicted octanol–water partition coefficient (Wildman–Crippen LogP) is 4.86. The topological polar surface area (TPSA) is 37.8 Å². The molecule has 108 valence electrons. The van der Waals surface area contributed by atoms with Crippen LogP contribution >= 0.6 is 11.3 Å². The van der Waals surface area contributed by atoms with E-state index in [9.17, 15) is 0 Å². The zero-order chi connectivity index (χ0) is 15.1. The summed E-state index contributed by atoms with van der Waals surface area (Å²) in [5, 5.41) is 5.37. The molecule has 0 aliphatic rings. The Morgan fingerprint density at radius 3 is 2.73 bits per heavy atom. The number of benzene rings is 2. The van der Waals surface area contributed by atoms with Crippen LogP contribution in [-0.2, 0) is 0 Å². The summed E-state index contributed by atoms with van der Waals surface area (Å²) in [4.78, 5) is 10.2. The van der Waals surface area contributed by atoms with Crippen molar-refractivity contribution in [1.82, 2.24) is 9.97 Å². The third-order valence-corrected chi connectivity index (χ3v) is 4.89. The van der Waals surface area contributed by atoms with Crippen LogP contribution in [0.15, 0.2) is 48.7 Å². The minimum absolute atomic E-state index is 0.652. The van der Waals surface area contributed by atoms with Gasteiger partial charge < -0.3 is 5.32 Å². The largest absolute Gasteiger partial charge is 0.357 e. The highest BCUT2D eigenvalue weighted by molar-refractivity contribution is 7.22. The van der Waals surface area contributed by atoms with E-state index in [1.165, 1.54) is 26.1 Å². The van der Waals surface area contributed by atoms with Gasteiger partial charge in [-0.3, -0.25) is 0 Å². The minimum atomic E-state index is 0.652. The number of nitrogens with zero attached hydrogens (tertiary/aromatic N) is 2. The molecule has 0 spiro atoms. The molecular weight excluding hydrogens is 290 g/mol. The van der Waals surface area contributed by atoms with E-state index < -0.39 is 0 Å². The average molecular weight is 305 g/mol. The Bertz CT molecular complexity index is 955. The second-order valence-corrected chi connectivity index (χ2v) is 6.43. The van der Waals surface area contributed by atoms with E-state index in [0.29, 0.717) is 5.95 Å². The summed E-state index contributed by atoms with van der Waals surface area (Å²) in [6.45, 7) is 2.11. The minimum Gasteiger partial charge on any atom is -0.357 e. The van der Waals surface area contributed by atoms with Gasteiger partial charge in [0.15, 0.2) is 0 Å². The molecule has 0 saturated heterocycles. The van der Waals surface area contributed by atoms with Crippen LogP contribution in [0.3, 0.4) is 0 Å². The molecule has 4 aromatic rings. The second-order valence-electron chi connectivity index (χ2n) is 5.34. The Kier molecular flexibility index (Phi) is 3.05. The first kappa shape index (κ1) is 13.2. The van der Waals surface area contributed by atoms with Gasteiger partial charge in [-0.1, -0.05) is 18.2 Å². The third kappa shape index (κ3) is 2.12. The van der Waals surface area contributed by atoms with Crippen molar-refractivity contribution in [2.45, 2.75) is 6.92 Å². The van der Waals surface area contributed by atoms with Crippen LogP contribution in [0.5, 0.6) is 0 Å². The van der Waals surface area contributed by atoms with Crippen LogP contribution < -0.4 is 5.32 Å². The molecule has 2 heterocycles. The number of thiophene rings is 1. The highest BCUT2D eigenvalue weighted by Crippen LogP contribution is 2.37. The molecule has 0 bridgehead atoms. The van der Waals surface area contributed by atoms with Crippen LogP contribution in [0.25, 0.3) is 31.4 Å². The number of aromatic nitrogens is 2. The molecular formula is C18H15N3S. The van der Waals surface area contributed by atoms with Crippen LogP contribution in [-0.4, -0.2) is 17.0 Å². The van der Waals surface area contributed by atoms with E-state index in [2.05, 4.69) is 64.7 Å². The van der Waals surface area contributed by atoms with Crippen molar-refractivity contribution >= 4 is 38.3 Å². The zero-order valence-electron chi connectivity index (χ0n) is 12.4. The lowest BCUT2D eigenvalue weighted by molar-refractivity contribution is 1.19. The van der Waals surface area contributed by atoms with Gasteiger partial charge in [0, 0.05) is 33.8 Å². The fourth-order valence-electron chi connectivity index (χ4n) is 2.72. The lowest BCUT2D eigenvalue weighted by Gasteiger charge is -2.07. The van der Waals surface area contributed by atoms with Gasteiger partial charge in [-0.2, -0.15) is 0 Å². The van der Waals surface area contributed by atoms with E-state index in [1.807, 2.05) is 13.2 Å². The van der Waals surface area contributed by atoms with E-state index in [-0.39, 0.29) is 0 Å². The highest BCUT2D eigenvalue weighted by atomic mass is 32.1. The summed E-state index contributed by atoms with van der Waals surface area (Å²) in [5.74, 6) is 0.652. The summed E-state index contributed by atoms with van der Waals surface area (Å²) in [6, 6.07) is 15.1. The molecule has 0 atom stereocenters. The van der Waals surface area contributed by atoms with Gasteiger partial charge in [0.05, 0.1) is 5.52 Å². The van der Waals surface area contributed by atoms with Crippen molar-refractivity contribution in [3.8, 4) is 10.4 Å². The van der Waals surface area contributed by atoms with Crippen molar-refractivity contribution in [3.05, 3.63) is 54.2 Å². The normalized spacial score (nSPS) is 11.2. The average Bonchev–Trinajstić information content (AvgIpc) is 2.97. The van der Waals surface area contributed by atoms with Crippen molar-refractivity contribution in [2.75, 3.05) is 12.4 Å². The number of anilines is 1. The van der Waals surface area contributed by atoms with Gasteiger partial charge in [0.1, 0.15) is 0 Å². The summed E-state index contributed by atoms with van der Waals surface area (Å²) >= 11 is 1.81. The summed E-state index contributed by atoms with van der Waals surface area (Å²) in [5.41, 5.74) is 3.40.